The lowest BCUT2D eigenvalue weighted by atomic mass is 9.65. The Balaban J connectivity index is 2.04. The molecule has 0 bridgehead atoms. The predicted octanol–water partition coefficient (Wildman–Crippen LogP) is 4.15. The predicted molar refractivity (Wildman–Crippen MR) is 80.9 cm³/mol. The van der Waals surface area contributed by atoms with Crippen LogP contribution in [-0.4, -0.2) is 4.57 Å². The monoisotopic (exact) mass is 264 g/mol. The Morgan fingerprint density at radius 1 is 1.20 bits per heavy atom. The highest BCUT2D eigenvalue weighted by molar-refractivity contribution is 5.89. The van der Waals surface area contributed by atoms with Gasteiger partial charge in [0.05, 0.1) is 17.0 Å². The molecular weight excluding hydrogens is 244 g/mol. The fourth-order valence-electron chi connectivity index (χ4n) is 4.03. The SMILES string of the molecule is Cc1c(C)n2c3c(cc(C4(C#N)CCC4)cc13)CCC2. The summed E-state index contributed by atoms with van der Waals surface area (Å²) in [7, 11) is 0. The lowest BCUT2D eigenvalue weighted by Crippen LogP contribution is -2.32. The maximum absolute atomic E-state index is 9.61. The van der Waals surface area contributed by atoms with E-state index in [1.165, 1.54) is 46.1 Å². The van der Waals surface area contributed by atoms with Crippen LogP contribution >= 0.6 is 0 Å². The smallest absolute Gasteiger partial charge is 0.0822 e. The molecule has 0 saturated heterocycles. The molecule has 1 aliphatic heterocycles. The number of benzene rings is 1. The van der Waals surface area contributed by atoms with Crippen LogP contribution in [0.5, 0.6) is 0 Å². The van der Waals surface area contributed by atoms with Gasteiger partial charge in [0.2, 0.25) is 0 Å². The third-order valence-corrected chi connectivity index (χ3v) is 5.61. The zero-order chi connectivity index (χ0) is 13.9. The summed E-state index contributed by atoms with van der Waals surface area (Å²) in [5.74, 6) is 0. The summed E-state index contributed by atoms with van der Waals surface area (Å²) in [4.78, 5) is 0. The Morgan fingerprint density at radius 2 is 2.00 bits per heavy atom. The van der Waals surface area contributed by atoms with Crippen LogP contribution in [0.3, 0.4) is 0 Å². The first-order chi connectivity index (χ1) is 9.66. The molecule has 0 unspecified atom stereocenters. The van der Waals surface area contributed by atoms with Gasteiger partial charge in [-0.1, -0.05) is 6.07 Å². The molecule has 1 aliphatic carbocycles. The normalized spacial score (nSPS) is 19.6. The Bertz CT molecular complexity index is 754. The second kappa shape index (κ2) is 3.88. The van der Waals surface area contributed by atoms with Gasteiger partial charge in [-0.2, -0.15) is 5.26 Å². The topological polar surface area (TPSA) is 28.7 Å². The van der Waals surface area contributed by atoms with Gasteiger partial charge in [0.1, 0.15) is 0 Å². The van der Waals surface area contributed by atoms with Crippen molar-refractivity contribution in [2.24, 2.45) is 0 Å². The summed E-state index contributed by atoms with van der Waals surface area (Å²) in [6, 6.07) is 7.24. The van der Waals surface area contributed by atoms with E-state index in [-0.39, 0.29) is 5.41 Å². The highest BCUT2D eigenvalue weighted by Crippen LogP contribution is 2.45. The standard InChI is InChI=1S/C18H20N2/c1-12-13(2)20-8-3-5-14-9-15(10-16(12)17(14)20)18(11-19)6-4-7-18/h9-10H,3-8H2,1-2H3. The first kappa shape index (κ1) is 12.0. The van der Waals surface area contributed by atoms with Crippen molar-refractivity contribution in [2.45, 2.75) is 57.9 Å². The molecule has 0 spiro atoms. The molecule has 0 N–H and O–H groups in total. The number of hydrogen-bond acceptors (Lipinski definition) is 1. The minimum absolute atomic E-state index is 0.190. The fraction of sp³-hybridized carbons (Fsp3) is 0.500. The van der Waals surface area contributed by atoms with E-state index < -0.39 is 0 Å². The number of nitrogens with zero attached hydrogens (tertiary/aromatic N) is 2. The molecular formula is C18H20N2. The van der Waals surface area contributed by atoms with Gasteiger partial charge in [0, 0.05) is 17.6 Å². The van der Waals surface area contributed by atoms with E-state index >= 15 is 0 Å². The molecule has 1 fully saturated rings. The van der Waals surface area contributed by atoms with Gasteiger partial charge in [-0.25, -0.2) is 0 Å². The van der Waals surface area contributed by atoms with Crippen molar-refractivity contribution in [3.63, 3.8) is 0 Å². The van der Waals surface area contributed by atoms with E-state index in [0.29, 0.717) is 0 Å². The molecule has 1 aromatic carbocycles. The highest BCUT2D eigenvalue weighted by atomic mass is 15.0. The van der Waals surface area contributed by atoms with Crippen molar-refractivity contribution >= 4 is 10.9 Å². The first-order valence-electron chi connectivity index (χ1n) is 7.70. The second-order valence-electron chi connectivity index (χ2n) is 6.54. The molecule has 1 saturated carbocycles. The summed E-state index contributed by atoms with van der Waals surface area (Å²) in [5.41, 5.74) is 6.78. The third-order valence-electron chi connectivity index (χ3n) is 5.61. The van der Waals surface area contributed by atoms with Gasteiger partial charge in [-0.15, -0.1) is 0 Å². The Labute approximate surface area is 120 Å². The molecule has 102 valence electrons. The van der Waals surface area contributed by atoms with E-state index in [2.05, 4.69) is 36.6 Å². The van der Waals surface area contributed by atoms with Crippen LogP contribution < -0.4 is 0 Å². The summed E-state index contributed by atoms with van der Waals surface area (Å²) >= 11 is 0. The number of aromatic nitrogens is 1. The molecule has 0 radical (unpaired) electrons. The summed E-state index contributed by atoms with van der Waals surface area (Å²) < 4.78 is 2.48. The Hall–Kier alpha value is -1.75. The van der Waals surface area contributed by atoms with E-state index in [4.69, 9.17) is 0 Å². The van der Waals surface area contributed by atoms with Crippen molar-refractivity contribution < 1.29 is 0 Å². The van der Waals surface area contributed by atoms with E-state index in [0.717, 1.165) is 25.8 Å². The zero-order valence-electron chi connectivity index (χ0n) is 12.3. The number of hydrogen-bond donors (Lipinski definition) is 0. The quantitative estimate of drug-likeness (QED) is 0.760. The first-order valence-corrected chi connectivity index (χ1v) is 7.70. The summed E-state index contributed by atoms with van der Waals surface area (Å²) in [6.07, 6.45) is 5.65. The molecule has 0 amide bonds. The van der Waals surface area contributed by atoms with Crippen molar-refractivity contribution in [1.29, 1.82) is 5.26 Å². The molecule has 2 nitrogen and oxygen atoms in total. The van der Waals surface area contributed by atoms with Crippen LogP contribution in [0.4, 0.5) is 0 Å². The molecule has 2 aromatic rings. The van der Waals surface area contributed by atoms with E-state index in [1.807, 2.05) is 0 Å². The van der Waals surface area contributed by atoms with Gasteiger partial charge in [0.25, 0.3) is 0 Å². The van der Waals surface area contributed by atoms with Crippen LogP contribution in [0.2, 0.25) is 0 Å². The van der Waals surface area contributed by atoms with Gasteiger partial charge in [-0.05, 0) is 68.7 Å². The molecule has 2 aliphatic rings. The van der Waals surface area contributed by atoms with Crippen molar-refractivity contribution in [3.8, 4) is 6.07 Å². The van der Waals surface area contributed by atoms with Crippen molar-refractivity contribution in [2.75, 3.05) is 0 Å². The number of rotatable bonds is 1. The maximum atomic E-state index is 9.61. The average Bonchev–Trinajstić information content (AvgIpc) is 2.66. The van der Waals surface area contributed by atoms with Crippen LogP contribution in [0.1, 0.15) is 48.1 Å². The lowest BCUT2D eigenvalue weighted by Gasteiger charge is -2.36. The fourth-order valence-corrected chi connectivity index (χ4v) is 4.03. The van der Waals surface area contributed by atoms with E-state index in [9.17, 15) is 5.26 Å². The lowest BCUT2D eigenvalue weighted by molar-refractivity contribution is 0.324. The molecule has 4 rings (SSSR count). The van der Waals surface area contributed by atoms with Gasteiger partial charge < -0.3 is 4.57 Å². The average molecular weight is 264 g/mol. The summed E-state index contributed by atoms with van der Waals surface area (Å²) in [5, 5.41) is 11.0. The number of nitriles is 1. The number of aryl methyl sites for hydroxylation is 3. The molecule has 2 heteroatoms. The van der Waals surface area contributed by atoms with Crippen LogP contribution in [0.15, 0.2) is 12.1 Å². The van der Waals surface area contributed by atoms with E-state index in [1.54, 1.807) is 0 Å². The Morgan fingerprint density at radius 3 is 2.65 bits per heavy atom. The van der Waals surface area contributed by atoms with Gasteiger partial charge in [-0.3, -0.25) is 0 Å². The highest BCUT2D eigenvalue weighted by Gasteiger charge is 2.39. The van der Waals surface area contributed by atoms with Crippen molar-refractivity contribution in [1.82, 2.24) is 4.57 Å². The molecule has 0 atom stereocenters. The van der Waals surface area contributed by atoms with Crippen LogP contribution in [0, 0.1) is 25.2 Å². The zero-order valence-corrected chi connectivity index (χ0v) is 12.3. The minimum Gasteiger partial charge on any atom is -0.344 e. The minimum atomic E-state index is -0.190. The largest absolute Gasteiger partial charge is 0.344 e. The van der Waals surface area contributed by atoms with Gasteiger partial charge >= 0.3 is 0 Å². The second-order valence-corrected chi connectivity index (χ2v) is 6.54. The maximum Gasteiger partial charge on any atom is 0.0822 e. The van der Waals surface area contributed by atoms with Gasteiger partial charge in [0.15, 0.2) is 0 Å². The summed E-state index contributed by atoms with van der Waals surface area (Å²) in [6.45, 7) is 5.60. The Kier molecular flexibility index (Phi) is 2.33. The third kappa shape index (κ3) is 1.33. The van der Waals surface area contributed by atoms with Crippen molar-refractivity contribution in [3.05, 3.63) is 34.5 Å². The van der Waals surface area contributed by atoms with Crippen LogP contribution in [0.25, 0.3) is 10.9 Å². The molecule has 20 heavy (non-hydrogen) atoms. The molecule has 2 heterocycles. The van der Waals surface area contributed by atoms with Crippen LogP contribution in [-0.2, 0) is 18.4 Å². The molecule has 1 aromatic heterocycles.